The van der Waals surface area contributed by atoms with E-state index in [-0.39, 0.29) is 0 Å². The molecule has 2 aliphatic carbocycles. The molecule has 13 rings (SSSR count). The van der Waals surface area contributed by atoms with Crippen molar-refractivity contribution in [3.8, 4) is 33.4 Å². The van der Waals surface area contributed by atoms with Gasteiger partial charge in [0, 0.05) is 33.4 Å². The molecule has 1 aromatic heterocycles. The van der Waals surface area contributed by atoms with Gasteiger partial charge < -0.3 is 9.32 Å². The van der Waals surface area contributed by atoms with E-state index in [1.54, 1.807) is 0 Å². The minimum atomic E-state index is -0.428. The summed E-state index contributed by atoms with van der Waals surface area (Å²) in [5, 5.41) is 7.02. The standard InChI is InChI=1S/C57H35NO/c1-2-17-40(18-3-1)58(42-28-30-47-46-22-10-13-25-52(46)57(53(47)35-42)50-23-11-8-20-44(50)45-21-9-12-24-51(45)57)41-29-31-54-48(34-41)49-33-38-16-6-7-19-43(38)55(56(49)59-54)39-27-26-36-14-4-5-15-37(36)32-39/h1-35H. The maximum atomic E-state index is 6.91. The predicted octanol–water partition coefficient (Wildman–Crippen LogP) is 15.4. The zero-order valence-electron chi connectivity index (χ0n) is 32.1. The molecule has 0 bridgehead atoms. The fourth-order valence-corrected chi connectivity index (χ4v) is 10.6. The van der Waals surface area contributed by atoms with Crippen LogP contribution in [0.5, 0.6) is 0 Å². The highest BCUT2D eigenvalue weighted by atomic mass is 16.3. The van der Waals surface area contributed by atoms with E-state index in [9.17, 15) is 0 Å². The minimum Gasteiger partial charge on any atom is -0.455 e. The molecule has 2 heteroatoms. The molecule has 0 atom stereocenters. The van der Waals surface area contributed by atoms with Gasteiger partial charge in [0.2, 0.25) is 0 Å². The van der Waals surface area contributed by atoms with Gasteiger partial charge in [-0.3, -0.25) is 0 Å². The topological polar surface area (TPSA) is 16.4 Å². The van der Waals surface area contributed by atoms with Crippen LogP contribution in [0.4, 0.5) is 17.1 Å². The molecule has 0 unspecified atom stereocenters. The van der Waals surface area contributed by atoms with Gasteiger partial charge in [0.25, 0.3) is 0 Å². The molecule has 0 saturated heterocycles. The van der Waals surface area contributed by atoms with Gasteiger partial charge in [-0.05, 0) is 126 Å². The summed E-state index contributed by atoms with van der Waals surface area (Å²) < 4.78 is 6.91. The first-order chi connectivity index (χ1) is 29.3. The van der Waals surface area contributed by atoms with Gasteiger partial charge >= 0.3 is 0 Å². The zero-order valence-corrected chi connectivity index (χ0v) is 32.1. The smallest absolute Gasteiger partial charge is 0.143 e. The summed E-state index contributed by atoms with van der Waals surface area (Å²) in [4.78, 5) is 2.41. The number of hydrogen-bond donors (Lipinski definition) is 0. The van der Waals surface area contributed by atoms with Crippen molar-refractivity contribution in [2.45, 2.75) is 5.41 Å². The molecule has 274 valence electrons. The maximum Gasteiger partial charge on any atom is 0.143 e. The molecule has 2 aliphatic rings. The van der Waals surface area contributed by atoms with Crippen molar-refractivity contribution in [3.05, 3.63) is 235 Å². The molecular formula is C57H35NO. The van der Waals surface area contributed by atoms with Crippen LogP contribution in [0.15, 0.2) is 217 Å². The first-order valence-electron chi connectivity index (χ1n) is 20.4. The Kier molecular flexibility index (Phi) is 6.68. The van der Waals surface area contributed by atoms with Gasteiger partial charge in [-0.15, -0.1) is 0 Å². The number of anilines is 3. The van der Waals surface area contributed by atoms with Gasteiger partial charge in [-0.2, -0.15) is 0 Å². The van der Waals surface area contributed by atoms with Gasteiger partial charge in [0.15, 0.2) is 0 Å². The number of fused-ring (bicyclic) bond motifs is 15. The average Bonchev–Trinajstić information content (AvgIpc) is 3.92. The molecule has 10 aromatic carbocycles. The average molecular weight is 750 g/mol. The zero-order chi connectivity index (χ0) is 38.7. The van der Waals surface area contributed by atoms with Crippen LogP contribution in [0.2, 0.25) is 0 Å². The van der Waals surface area contributed by atoms with Crippen molar-refractivity contribution in [1.29, 1.82) is 0 Å². The van der Waals surface area contributed by atoms with E-state index in [4.69, 9.17) is 4.42 Å². The summed E-state index contributed by atoms with van der Waals surface area (Å²) in [6.45, 7) is 0. The molecule has 2 nitrogen and oxygen atoms in total. The molecule has 0 radical (unpaired) electrons. The molecule has 59 heavy (non-hydrogen) atoms. The van der Waals surface area contributed by atoms with Gasteiger partial charge in [-0.1, -0.05) is 158 Å². The molecule has 1 heterocycles. The highest BCUT2D eigenvalue weighted by Crippen LogP contribution is 2.63. The van der Waals surface area contributed by atoms with Crippen molar-refractivity contribution >= 4 is 60.5 Å². The first kappa shape index (κ1) is 32.4. The van der Waals surface area contributed by atoms with E-state index in [0.717, 1.165) is 50.1 Å². The van der Waals surface area contributed by atoms with Crippen LogP contribution in [0, 0.1) is 0 Å². The van der Waals surface area contributed by atoms with Crippen molar-refractivity contribution in [2.24, 2.45) is 0 Å². The molecule has 0 fully saturated rings. The van der Waals surface area contributed by atoms with Crippen molar-refractivity contribution in [1.82, 2.24) is 0 Å². The quantitative estimate of drug-likeness (QED) is 0.178. The number of hydrogen-bond acceptors (Lipinski definition) is 2. The second kappa shape index (κ2) is 12.2. The van der Waals surface area contributed by atoms with Crippen molar-refractivity contribution in [2.75, 3.05) is 4.90 Å². The summed E-state index contributed by atoms with van der Waals surface area (Å²) in [6, 6.07) is 77.9. The molecule has 0 N–H and O–H groups in total. The predicted molar refractivity (Wildman–Crippen MR) is 245 cm³/mol. The molecule has 0 aliphatic heterocycles. The van der Waals surface area contributed by atoms with E-state index >= 15 is 0 Å². The van der Waals surface area contributed by atoms with Crippen LogP contribution >= 0.6 is 0 Å². The lowest BCUT2D eigenvalue weighted by molar-refractivity contribution is 0.670. The molecule has 0 saturated carbocycles. The molecule has 0 amide bonds. The fraction of sp³-hybridized carbons (Fsp3) is 0.0175. The Bertz CT molecular complexity index is 3460. The van der Waals surface area contributed by atoms with Gasteiger partial charge in [0.05, 0.1) is 5.41 Å². The molecule has 1 spiro atoms. The second-order valence-electron chi connectivity index (χ2n) is 16.0. The normalized spacial score (nSPS) is 13.2. The Morgan fingerprint density at radius 3 is 1.64 bits per heavy atom. The van der Waals surface area contributed by atoms with Crippen LogP contribution in [-0.2, 0) is 5.41 Å². The number of furan rings is 1. The van der Waals surface area contributed by atoms with E-state index in [1.165, 1.54) is 66.1 Å². The summed E-state index contributed by atoms with van der Waals surface area (Å²) >= 11 is 0. The third-order valence-corrected chi connectivity index (χ3v) is 13.0. The Morgan fingerprint density at radius 2 is 0.915 bits per heavy atom. The Hall–Kier alpha value is -7.68. The van der Waals surface area contributed by atoms with Crippen LogP contribution < -0.4 is 4.90 Å². The van der Waals surface area contributed by atoms with Gasteiger partial charge in [0.1, 0.15) is 11.2 Å². The summed E-state index contributed by atoms with van der Waals surface area (Å²) in [5.74, 6) is 0. The maximum absolute atomic E-state index is 6.91. The Morgan fingerprint density at radius 1 is 0.339 bits per heavy atom. The highest BCUT2D eigenvalue weighted by molar-refractivity contribution is 6.19. The third-order valence-electron chi connectivity index (χ3n) is 13.0. The van der Waals surface area contributed by atoms with E-state index < -0.39 is 5.41 Å². The van der Waals surface area contributed by atoms with E-state index in [0.29, 0.717) is 0 Å². The largest absolute Gasteiger partial charge is 0.455 e. The fourth-order valence-electron chi connectivity index (χ4n) is 10.6. The van der Waals surface area contributed by atoms with Crippen LogP contribution in [0.1, 0.15) is 22.3 Å². The van der Waals surface area contributed by atoms with E-state index in [2.05, 4.69) is 217 Å². The lowest BCUT2D eigenvalue weighted by atomic mass is 9.70. The van der Waals surface area contributed by atoms with Crippen LogP contribution in [0.25, 0.3) is 76.9 Å². The lowest BCUT2D eigenvalue weighted by Crippen LogP contribution is -2.26. The number of rotatable bonds is 4. The Balaban J connectivity index is 1.05. The van der Waals surface area contributed by atoms with Crippen LogP contribution in [-0.4, -0.2) is 0 Å². The summed E-state index contributed by atoms with van der Waals surface area (Å²) in [6.07, 6.45) is 0. The summed E-state index contributed by atoms with van der Waals surface area (Å²) in [5.41, 5.74) is 17.5. The molecule has 11 aromatic rings. The third kappa shape index (κ3) is 4.46. The van der Waals surface area contributed by atoms with Crippen molar-refractivity contribution in [3.63, 3.8) is 0 Å². The first-order valence-corrected chi connectivity index (χ1v) is 20.4. The lowest BCUT2D eigenvalue weighted by Gasteiger charge is -2.32. The number of nitrogens with zero attached hydrogens (tertiary/aromatic N) is 1. The van der Waals surface area contributed by atoms with E-state index in [1.807, 2.05) is 0 Å². The second-order valence-corrected chi connectivity index (χ2v) is 16.0. The molecular weight excluding hydrogens is 715 g/mol. The number of benzene rings is 10. The van der Waals surface area contributed by atoms with Gasteiger partial charge in [-0.25, -0.2) is 0 Å². The van der Waals surface area contributed by atoms with Crippen molar-refractivity contribution < 1.29 is 4.42 Å². The highest BCUT2D eigenvalue weighted by Gasteiger charge is 2.51. The van der Waals surface area contributed by atoms with Crippen LogP contribution in [0.3, 0.4) is 0 Å². The SMILES string of the molecule is c1ccc(N(c2ccc3c(c2)C2(c4ccccc4-c4ccccc42)c2ccccc2-3)c2ccc3oc4c(-c5ccc6ccccc6c5)c5ccccc5cc4c3c2)cc1. The monoisotopic (exact) mass is 749 g/mol. The summed E-state index contributed by atoms with van der Waals surface area (Å²) in [7, 11) is 0. The minimum absolute atomic E-state index is 0.428. The number of para-hydroxylation sites is 1. The Labute approximate surface area is 341 Å².